The van der Waals surface area contributed by atoms with Crippen molar-refractivity contribution in [1.29, 1.82) is 0 Å². The van der Waals surface area contributed by atoms with E-state index in [1.807, 2.05) is 26.0 Å². The third-order valence-corrected chi connectivity index (χ3v) is 3.56. The lowest BCUT2D eigenvalue weighted by molar-refractivity contribution is 0.518. The zero-order valence-electron chi connectivity index (χ0n) is 12.1. The molecule has 0 aromatic carbocycles. The third kappa shape index (κ3) is 3.94. The topological polar surface area (TPSA) is 66.0 Å². The van der Waals surface area contributed by atoms with Crippen molar-refractivity contribution in [2.24, 2.45) is 5.92 Å². The van der Waals surface area contributed by atoms with Gasteiger partial charge in [-0.25, -0.2) is 0 Å². The van der Waals surface area contributed by atoms with E-state index in [-0.39, 0.29) is 0 Å². The van der Waals surface area contributed by atoms with E-state index in [1.54, 1.807) is 0 Å². The SMILES string of the molecule is CNc1nc(NCCC2CCCC2)nc(N(C)C)n1. The standard InChI is InChI=1S/C13H24N6/c1-14-11-16-12(18-13(17-11)19(2)3)15-9-8-10-6-4-5-7-10/h10H,4-9H2,1-3H3,(H2,14,15,16,17,18). The Bertz CT molecular complexity index is 400. The summed E-state index contributed by atoms with van der Waals surface area (Å²) in [6.07, 6.45) is 6.75. The molecule has 0 saturated heterocycles. The maximum Gasteiger partial charge on any atom is 0.231 e. The Labute approximate surface area is 115 Å². The lowest BCUT2D eigenvalue weighted by Gasteiger charge is -2.14. The van der Waals surface area contributed by atoms with Crippen molar-refractivity contribution in [3.05, 3.63) is 0 Å². The van der Waals surface area contributed by atoms with Crippen LogP contribution in [0.25, 0.3) is 0 Å². The van der Waals surface area contributed by atoms with Crippen molar-refractivity contribution < 1.29 is 0 Å². The molecular formula is C13H24N6. The molecule has 0 radical (unpaired) electrons. The summed E-state index contributed by atoms with van der Waals surface area (Å²) in [6.45, 7) is 0.935. The molecule has 1 aliphatic rings. The van der Waals surface area contributed by atoms with Gasteiger partial charge in [0.1, 0.15) is 0 Å². The molecule has 2 N–H and O–H groups in total. The lowest BCUT2D eigenvalue weighted by atomic mass is 10.0. The van der Waals surface area contributed by atoms with Crippen LogP contribution < -0.4 is 15.5 Å². The summed E-state index contributed by atoms with van der Waals surface area (Å²) in [6, 6.07) is 0. The Morgan fingerprint density at radius 2 is 1.79 bits per heavy atom. The first kappa shape index (κ1) is 13.8. The normalized spacial score (nSPS) is 15.5. The Kier molecular flexibility index (Phi) is 4.76. The molecular weight excluding hydrogens is 240 g/mol. The zero-order chi connectivity index (χ0) is 13.7. The molecule has 1 fully saturated rings. The minimum Gasteiger partial charge on any atom is -0.357 e. The third-order valence-electron chi connectivity index (χ3n) is 3.56. The fraction of sp³-hybridized carbons (Fsp3) is 0.769. The largest absolute Gasteiger partial charge is 0.357 e. The van der Waals surface area contributed by atoms with Gasteiger partial charge in [0.05, 0.1) is 0 Å². The van der Waals surface area contributed by atoms with E-state index in [0.717, 1.165) is 12.5 Å². The molecule has 0 unspecified atom stereocenters. The Morgan fingerprint density at radius 1 is 1.11 bits per heavy atom. The maximum absolute atomic E-state index is 4.40. The molecule has 1 heterocycles. The zero-order valence-corrected chi connectivity index (χ0v) is 12.1. The van der Waals surface area contributed by atoms with Crippen LogP contribution in [0.2, 0.25) is 0 Å². The quantitative estimate of drug-likeness (QED) is 0.819. The number of hydrogen-bond donors (Lipinski definition) is 2. The first-order chi connectivity index (χ1) is 9.19. The Morgan fingerprint density at radius 3 is 2.42 bits per heavy atom. The molecule has 6 heteroatoms. The van der Waals surface area contributed by atoms with Crippen LogP contribution in [0.15, 0.2) is 0 Å². The van der Waals surface area contributed by atoms with E-state index < -0.39 is 0 Å². The van der Waals surface area contributed by atoms with Gasteiger partial charge in [0.15, 0.2) is 0 Å². The predicted octanol–water partition coefficient (Wildman–Crippen LogP) is 1.97. The van der Waals surface area contributed by atoms with Crippen molar-refractivity contribution in [3.8, 4) is 0 Å². The van der Waals surface area contributed by atoms with Gasteiger partial charge in [-0.2, -0.15) is 15.0 Å². The Balaban J connectivity index is 1.92. The average Bonchev–Trinajstić information content (AvgIpc) is 2.91. The van der Waals surface area contributed by atoms with Crippen LogP contribution in [0, 0.1) is 5.92 Å². The molecule has 0 bridgehead atoms. The van der Waals surface area contributed by atoms with Crippen molar-refractivity contribution in [2.75, 3.05) is 43.2 Å². The number of nitrogens with one attached hydrogen (secondary N) is 2. The molecule has 106 valence electrons. The number of hydrogen-bond acceptors (Lipinski definition) is 6. The summed E-state index contributed by atoms with van der Waals surface area (Å²) in [5.41, 5.74) is 0. The minimum absolute atomic E-state index is 0.599. The average molecular weight is 264 g/mol. The fourth-order valence-corrected chi connectivity index (χ4v) is 2.44. The molecule has 19 heavy (non-hydrogen) atoms. The number of aromatic nitrogens is 3. The number of rotatable bonds is 6. The number of nitrogens with zero attached hydrogens (tertiary/aromatic N) is 4. The van der Waals surface area contributed by atoms with Gasteiger partial charge in [0, 0.05) is 27.7 Å². The second-order valence-electron chi connectivity index (χ2n) is 5.29. The van der Waals surface area contributed by atoms with Crippen LogP contribution in [0.1, 0.15) is 32.1 Å². The first-order valence-corrected chi connectivity index (χ1v) is 7.04. The van der Waals surface area contributed by atoms with E-state index in [9.17, 15) is 0 Å². The summed E-state index contributed by atoms with van der Waals surface area (Å²) in [7, 11) is 5.67. The van der Waals surface area contributed by atoms with Crippen molar-refractivity contribution >= 4 is 17.8 Å². The Hall–Kier alpha value is -1.59. The highest BCUT2D eigenvalue weighted by atomic mass is 15.3. The molecule has 1 aliphatic carbocycles. The molecule has 2 rings (SSSR count). The fourth-order valence-electron chi connectivity index (χ4n) is 2.44. The van der Waals surface area contributed by atoms with Crippen LogP contribution in [0.3, 0.4) is 0 Å². The van der Waals surface area contributed by atoms with Gasteiger partial charge in [-0.3, -0.25) is 0 Å². The van der Waals surface area contributed by atoms with Gasteiger partial charge >= 0.3 is 0 Å². The molecule has 0 atom stereocenters. The second kappa shape index (κ2) is 6.54. The van der Waals surface area contributed by atoms with Gasteiger partial charge in [-0.15, -0.1) is 0 Å². The smallest absolute Gasteiger partial charge is 0.231 e. The van der Waals surface area contributed by atoms with E-state index >= 15 is 0 Å². The van der Waals surface area contributed by atoms with Crippen LogP contribution in [0.5, 0.6) is 0 Å². The molecule has 0 amide bonds. The van der Waals surface area contributed by atoms with Crippen LogP contribution in [0.4, 0.5) is 17.8 Å². The van der Waals surface area contributed by atoms with Crippen molar-refractivity contribution in [2.45, 2.75) is 32.1 Å². The van der Waals surface area contributed by atoms with Crippen molar-refractivity contribution in [1.82, 2.24) is 15.0 Å². The highest BCUT2D eigenvalue weighted by Crippen LogP contribution is 2.27. The van der Waals surface area contributed by atoms with Gasteiger partial charge in [0.2, 0.25) is 17.8 Å². The molecule has 1 aromatic heterocycles. The molecule has 0 aliphatic heterocycles. The van der Waals surface area contributed by atoms with Crippen LogP contribution >= 0.6 is 0 Å². The van der Waals surface area contributed by atoms with Crippen LogP contribution in [-0.2, 0) is 0 Å². The van der Waals surface area contributed by atoms with Gasteiger partial charge in [-0.05, 0) is 12.3 Å². The van der Waals surface area contributed by atoms with Gasteiger partial charge in [-0.1, -0.05) is 25.7 Å². The van der Waals surface area contributed by atoms with E-state index in [4.69, 9.17) is 0 Å². The van der Waals surface area contributed by atoms with Crippen molar-refractivity contribution in [3.63, 3.8) is 0 Å². The van der Waals surface area contributed by atoms with Gasteiger partial charge in [0.25, 0.3) is 0 Å². The highest BCUT2D eigenvalue weighted by molar-refractivity contribution is 5.42. The maximum atomic E-state index is 4.40. The minimum atomic E-state index is 0.599. The summed E-state index contributed by atoms with van der Waals surface area (Å²) >= 11 is 0. The van der Waals surface area contributed by atoms with E-state index in [0.29, 0.717) is 17.8 Å². The van der Waals surface area contributed by atoms with Crippen LogP contribution in [-0.4, -0.2) is 42.6 Å². The summed E-state index contributed by atoms with van der Waals surface area (Å²) in [4.78, 5) is 14.9. The first-order valence-electron chi connectivity index (χ1n) is 7.04. The monoisotopic (exact) mass is 264 g/mol. The predicted molar refractivity (Wildman–Crippen MR) is 78.8 cm³/mol. The second-order valence-corrected chi connectivity index (χ2v) is 5.29. The lowest BCUT2D eigenvalue weighted by Crippen LogP contribution is -2.17. The van der Waals surface area contributed by atoms with E-state index in [2.05, 4.69) is 25.6 Å². The summed E-state index contributed by atoms with van der Waals surface area (Å²) in [5, 5.41) is 6.28. The molecule has 1 saturated carbocycles. The number of anilines is 3. The van der Waals surface area contributed by atoms with E-state index in [1.165, 1.54) is 32.1 Å². The van der Waals surface area contributed by atoms with Gasteiger partial charge < -0.3 is 15.5 Å². The molecule has 1 aromatic rings. The summed E-state index contributed by atoms with van der Waals surface area (Å²) in [5.74, 6) is 2.80. The molecule has 6 nitrogen and oxygen atoms in total. The molecule has 0 spiro atoms. The summed E-state index contributed by atoms with van der Waals surface area (Å²) < 4.78 is 0. The highest BCUT2D eigenvalue weighted by Gasteiger charge is 2.14.